The molecule has 0 heterocycles. The highest BCUT2D eigenvalue weighted by atomic mass is 35.5. The van der Waals surface area contributed by atoms with Crippen LogP contribution in [0.5, 0.6) is 0 Å². The molecule has 0 saturated carbocycles. The molecule has 3 aromatic rings. The van der Waals surface area contributed by atoms with Gasteiger partial charge in [-0.15, -0.1) is 0 Å². The smallest absolute Gasteiger partial charge is 0.152 e. The summed E-state index contributed by atoms with van der Waals surface area (Å²) in [6, 6.07) is 26.6. The van der Waals surface area contributed by atoms with Gasteiger partial charge >= 0.3 is 0 Å². The number of anilines is 1. The minimum atomic E-state index is 0.271. The summed E-state index contributed by atoms with van der Waals surface area (Å²) in [7, 11) is 5.67. The van der Waals surface area contributed by atoms with E-state index in [4.69, 9.17) is 11.6 Å². The molecule has 0 aliphatic carbocycles. The molecule has 0 aliphatic rings. The minimum absolute atomic E-state index is 0.271. The summed E-state index contributed by atoms with van der Waals surface area (Å²) in [4.78, 5) is 1.83. The van der Waals surface area contributed by atoms with Gasteiger partial charge in [-0.2, -0.15) is 0 Å². The van der Waals surface area contributed by atoms with E-state index in [1.54, 1.807) is 24.3 Å². The first-order chi connectivity index (χ1) is 11.6. The maximum absolute atomic E-state index is 9.96. The zero-order valence-corrected chi connectivity index (χ0v) is 14.3. The second kappa shape index (κ2) is 9.11. The lowest BCUT2D eigenvalue weighted by Crippen LogP contribution is -2.04. The fraction of sp³-hybridized carbons (Fsp3) is 0.0476. The summed E-state index contributed by atoms with van der Waals surface area (Å²) in [5.74, 6) is 0. The van der Waals surface area contributed by atoms with Gasteiger partial charge in [0.2, 0.25) is 0 Å². The number of hydrogen-bond acceptors (Lipinski definition) is 2. The Bertz CT molecular complexity index is 712. The molecule has 0 spiro atoms. The van der Waals surface area contributed by atoms with Crippen molar-refractivity contribution in [3.05, 3.63) is 114 Å². The van der Waals surface area contributed by atoms with Gasteiger partial charge in [-0.05, 0) is 35.4 Å². The lowest BCUT2D eigenvalue weighted by Gasteiger charge is -2.09. The molecule has 0 fully saturated rings. The van der Waals surface area contributed by atoms with Crippen molar-refractivity contribution in [1.82, 2.24) is 0 Å². The molecule has 122 valence electrons. The van der Waals surface area contributed by atoms with Gasteiger partial charge in [-0.1, -0.05) is 72.3 Å². The number of rotatable bonds is 3. The van der Waals surface area contributed by atoms with Crippen molar-refractivity contribution in [1.29, 1.82) is 0 Å². The quantitative estimate of drug-likeness (QED) is 0.676. The summed E-state index contributed by atoms with van der Waals surface area (Å²) >= 11 is 5.77. The normalized spacial score (nSPS) is 10.0. The van der Waals surface area contributed by atoms with Gasteiger partial charge in [-0.3, -0.25) is 0 Å². The van der Waals surface area contributed by atoms with E-state index in [0.29, 0.717) is 5.02 Å². The second-order valence-electron chi connectivity index (χ2n) is 5.26. The topological polar surface area (TPSA) is 23.5 Å². The van der Waals surface area contributed by atoms with E-state index in [1.807, 2.05) is 72.6 Å². The van der Waals surface area contributed by atoms with Crippen LogP contribution in [0.1, 0.15) is 11.1 Å². The molecule has 0 atom stereocenters. The van der Waals surface area contributed by atoms with Crippen LogP contribution in [0.4, 0.5) is 5.69 Å². The molecule has 0 amide bonds. The number of aliphatic hydroxyl groups excluding tert-OH is 1. The largest absolute Gasteiger partial charge is 0.377 e. The van der Waals surface area contributed by atoms with Crippen molar-refractivity contribution in [3.8, 4) is 0 Å². The molecule has 2 nitrogen and oxygen atoms in total. The van der Waals surface area contributed by atoms with Crippen LogP contribution in [0.2, 0.25) is 5.02 Å². The van der Waals surface area contributed by atoms with Crippen molar-refractivity contribution in [2.45, 2.75) is 0 Å². The molecular weight excluding hydrogens is 318 g/mol. The van der Waals surface area contributed by atoms with Crippen LogP contribution in [-0.4, -0.2) is 12.2 Å². The Morgan fingerprint density at radius 1 is 0.792 bits per heavy atom. The zero-order chi connectivity index (χ0) is 17.4. The van der Waals surface area contributed by atoms with E-state index in [2.05, 4.69) is 7.05 Å². The maximum Gasteiger partial charge on any atom is 0.152 e. The van der Waals surface area contributed by atoms with Gasteiger partial charge < -0.3 is 10.0 Å². The Hall–Kier alpha value is -2.29. The first kappa shape index (κ1) is 18.1. The molecule has 0 saturated heterocycles. The lowest BCUT2D eigenvalue weighted by molar-refractivity contribution is 0.356. The van der Waals surface area contributed by atoms with E-state index in [-0.39, 0.29) is 6.10 Å². The highest BCUT2D eigenvalue weighted by Gasteiger charge is 2.10. The van der Waals surface area contributed by atoms with Gasteiger partial charge in [0.25, 0.3) is 0 Å². The molecule has 24 heavy (non-hydrogen) atoms. The number of hydrogen-bond donors (Lipinski definition) is 1. The minimum Gasteiger partial charge on any atom is -0.377 e. The predicted octanol–water partition coefficient (Wildman–Crippen LogP) is 5.56. The van der Waals surface area contributed by atoms with E-state index in [0.717, 1.165) is 16.8 Å². The summed E-state index contributed by atoms with van der Waals surface area (Å²) in [6.07, 6.45) is 0.271. The van der Waals surface area contributed by atoms with Gasteiger partial charge in [-0.25, -0.2) is 0 Å². The molecule has 1 N–H and O–H groups in total. The van der Waals surface area contributed by atoms with Crippen molar-refractivity contribution < 1.29 is 5.11 Å². The molecule has 3 rings (SSSR count). The standard InChI is InChI=1S/C13H10ClO.C8H10N/c14-12-8-6-11(7-9-12)13(15)10-4-2-1-3-5-10;1-9(2)8-6-4-3-5-7-8/h1-9,15H;3-7H,1H2,2H3. The highest BCUT2D eigenvalue weighted by molar-refractivity contribution is 6.30. The average molecular weight is 338 g/mol. The second-order valence-corrected chi connectivity index (χ2v) is 5.69. The molecule has 0 aliphatic heterocycles. The monoisotopic (exact) mass is 337 g/mol. The molecule has 0 unspecified atom stereocenters. The third-order valence-electron chi connectivity index (χ3n) is 3.36. The highest BCUT2D eigenvalue weighted by Crippen LogP contribution is 2.21. The number of aliphatic hydroxyl groups is 1. The Labute approximate surface area is 149 Å². The zero-order valence-electron chi connectivity index (χ0n) is 13.6. The van der Waals surface area contributed by atoms with Crippen molar-refractivity contribution >= 4 is 17.3 Å². The third kappa shape index (κ3) is 5.41. The molecule has 3 aromatic carbocycles. The van der Waals surface area contributed by atoms with E-state index in [1.165, 1.54) is 0 Å². The van der Waals surface area contributed by atoms with Crippen LogP contribution in [0.3, 0.4) is 0 Å². The van der Waals surface area contributed by atoms with E-state index < -0.39 is 0 Å². The molecular formula is C21H20ClNO. The third-order valence-corrected chi connectivity index (χ3v) is 3.61. The van der Waals surface area contributed by atoms with Crippen LogP contribution in [0, 0.1) is 13.2 Å². The van der Waals surface area contributed by atoms with E-state index >= 15 is 0 Å². The average Bonchev–Trinajstić information content (AvgIpc) is 2.64. The Morgan fingerprint density at radius 2 is 1.25 bits per heavy atom. The molecule has 0 aromatic heterocycles. The van der Waals surface area contributed by atoms with Gasteiger partial charge in [0.1, 0.15) is 0 Å². The maximum atomic E-state index is 9.96. The molecule has 3 heteroatoms. The summed E-state index contributed by atoms with van der Waals surface area (Å²) in [5, 5.41) is 10.6. The van der Waals surface area contributed by atoms with Gasteiger partial charge in [0.15, 0.2) is 6.10 Å². The van der Waals surface area contributed by atoms with Gasteiger partial charge in [0, 0.05) is 24.8 Å². The Morgan fingerprint density at radius 3 is 1.71 bits per heavy atom. The fourth-order valence-electron chi connectivity index (χ4n) is 2.05. The molecule has 0 bridgehead atoms. The van der Waals surface area contributed by atoms with Crippen LogP contribution in [-0.2, 0) is 0 Å². The summed E-state index contributed by atoms with van der Waals surface area (Å²) < 4.78 is 0. The Kier molecular flexibility index (Phi) is 6.86. The summed E-state index contributed by atoms with van der Waals surface area (Å²) in [5.41, 5.74) is 2.71. The first-order valence-electron chi connectivity index (χ1n) is 7.54. The van der Waals surface area contributed by atoms with Crippen LogP contribution < -0.4 is 4.90 Å². The van der Waals surface area contributed by atoms with Crippen LogP contribution in [0.25, 0.3) is 0 Å². The van der Waals surface area contributed by atoms with Gasteiger partial charge in [0.05, 0.1) is 0 Å². The lowest BCUT2D eigenvalue weighted by atomic mass is 10.0. The predicted molar refractivity (Wildman–Crippen MR) is 101 cm³/mol. The number of para-hydroxylation sites is 1. The Balaban J connectivity index is 0.000000198. The van der Waals surface area contributed by atoms with E-state index in [9.17, 15) is 5.11 Å². The number of halogens is 1. The summed E-state index contributed by atoms with van der Waals surface area (Å²) in [6.45, 7) is 0. The van der Waals surface area contributed by atoms with Crippen molar-refractivity contribution in [2.75, 3.05) is 11.9 Å². The van der Waals surface area contributed by atoms with Crippen LogP contribution >= 0.6 is 11.6 Å². The fourth-order valence-corrected chi connectivity index (χ4v) is 2.18. The SMILES string of the molecule is O[C](c1ccccc1)c1ccc(Cl)cc1.[CH2]N(C)c1ccccc1. The van der Waals surface area contributed by atoms with Crippen molar-refractivity contribution in [3.63, 3.8) is 0 Å². The number of nitrogens with zero attached hydrogens (tertiary/aromatic N) is 1. The van der Waals surface area contributed by atoms with Crippen LogP contribution in [0.15, 0.2) is 84.9 Å². The van der Waals surface area contributed by atoms with Crippen molar-refractivity contribution in [2.24, 2.45) is 0 Å². The number of benzene rings is 3. The first-order valence-corrected chi connectivity index (χ1v) is 7.92. The molecule has 2 radical (unpaired) electrons.